The first-order valence-electron chi connectivity index (χ1n) is 6.03. The molecule has 0 unspecified atom stereocenters. The fourth-order valence-electron chi connectivity index (χ4n) is 1.90. The van der Waals surface area contributed by atoms with Gasteiger partial charge in [0.25, 0.3) is 5.91 Å². The molecule has 0 bridgehead atoms. The zero-order valence-corrected chi connectivity index (χ0v) is 12.2. The lowest BCUT2D eigenvalue weighted by Crippen LogP contribution is -2.30. The van der Waals surface area contributed by atoms with Gasteiger partial charge in [-0.3, -0.25) is 4.79 Å². The zero-order chi connectivity index (χ0) is 13.9. The number of nitrogens with zero attached hydrogens (tertiary/aromatic N) is 1. The highest BCUT2D eigenvalue weighted by atomic mass is 35.5. The van der Waals surface area contributed by atoms with Crippen molar-refractivity contribution in [2.45, 2.75) is 20.8 Å². The van der Waals surface area contributed by atoms with Crippen LogP contribution >= 0.6 is 11.6 Å². The van der Waals surface area contributed by atoms with Gasteiger partial charge in [-0.25, -0.2) is 0 Å². The Hall–Kier alpha value is -1.28. The number of likely N-dealkylation sites (N-methyl/N-ethyl adjacent to an activating group) is 1. The summed E-state index contributed by atoms with van der Waals surface area (Å²) in [5.74, 6) is 0.387. The minimum absolute atomic E-state index is 0.0506. The number of carbonyl (C=O) groups excluding carboxylic acids is 1. The van der Waals surface area contributed by atoms with Crippen LogP contribution in [0.3, 0.4) is 0 Å². The van der Waals surface area contributed by atoms with Gasteiger partial charge in [0.1, 0.15) is 0 Å². The van der Waals surface area contributed by atoms with Crippen molar-refractivity contribution in [2.24, 2.45) is 5.92 Å². The molecule has 3 heteroatoms. The minimum Gasteiger partial charge on any atom is -0.341 e. The fourth-order valence-corrected chi connectivity index (χ4v) is 2.18. The highest BCUT2D eigenvalue weighted by Crippen LogP contribution is 2.21. The molecule has 0 aliphatic heterocycles. The van der Waals surface area contributed by atoms with E-state index < -0.39 is 0 Å². The second-order valence-electron chi connectivity index (χ2n) is 5.08. The predicted molar refractivity (Wildman–Crippen MR) is 77.7 cm³/mol. The quantitative estimate of drug-likeness (QED) is 0.759. The molecule has 0 atom stereocenters. The summed E-state index contributed by atoms with van der Waals surface area (Å²) in [6.45, 7) is 10.7. The molecule has 0 saturated carbocycles. The summed E-state index contributed by atoms with van der Waals surface area (Å²) in [6, 6.07) is 5.56. The number of hydrogen-bond acceptors (Lipinski definition) is 1. The average Bonchev–Trinajstić information content (AvgIpc) is 2.24. The Morgan fingerprint density at radius 1 is 1.39 bits per heavy atom. The van der Waals surface area contributed by atoms with Crippen molar-refractivity contribution in [1.82, 2.24) is 4.90 Å². The van der Waals surface area contributed by atoms with E-state index in [0.29, 0.717) is 16.5 Å². The van der Waals surface area contributed by atoms with E-state index in [1.54, 1.807) is 18.0 Å². The summed E-state index contributed by atoms with van der Waals surface area (Å²) >= 11 is 6.00. The molecule has 0 N–H and O–H groups in total. The molecule has 1 aromatic rings. The molecule has 0 fully saturated rings. The van der Waals surface area contributed by atoms with E-state index in [-0.39, 0.29) is 5.91 Å². The van der Waals surface area contributed by atoms with Crippen molar-refractivity contribution in [1.29, 1.82) is 0 Å². The van der Waals surface area contributed by atoms with Crippen molar-refractivity contribution in [3.8, 4) is 0 Å². The fraction of sp³-hybridized carbons (Fsp3) is 0.400. The van der Waals surface area contributed by atoms with Crippen LogP contribution in [0.5, 0.6) is 0 Å². The van der Waals surface area contributed by atoms with Gasteiger partial charge in [0.2, 0.25) is 0 Å². The standard InChI is InChI=1S/C15H20ClNO/c1-10(2)9-17(5)15(18)12(4)13-6-11(3)7-14(16)8-13/h6-8,10H,4,9H2,1-3,5H3. The Morgan fingerprint density at radius 2 is 2.00 bits per heavy atom. The van der Waals surface area contributed by atoms with Crippen LogP contribution in [-0.4, -0.2) is 24.4 Å². The maximum absolute atomic E-state index is 12.2. The third kappa shape index (κ3) is 3.88. The van der Waals surface area contributed by atoms with Gasteiger partial charge < -0.3 is 4.90 Å². The number of halogens is 1. The summed E-state index contributed by atoms with van der Waals surface area (Å²) in [5, 5.41) is 0.630. The van der Waals surface area contributed by atoms with E-state index in [1.165, 1.54) is 0 Å². The number of carbonyl (C=O) groups is 1. The normalized spacial score (nSPS) is 10.6. The van der Waals surface area contributed by atoms with E-state index in [1.807, 2.05) is 19.1 Å². The van der Waals surface area contributed by atoms with E-state index in [2.05, 4.69) is 20.4 Å². The molecular weight excluding hydrogens is 246 g/mol. The van der Waals surface area contributed by atoms with Gasteiger partial charge in [-0.1, -0.05) is 38.1 Å². The van der Waals surface area contributed by atoms with Crippen molar-refractivity contribution >= 4 is 23.1 Å². The molecule has 1 rings (SSSR count). The highest BCUT2D eigenvalue weighted by molar-refractivity contribution is 6.31. The van der Waals surface area contributed by atoms with Crippen LogP contribution in [-0.2, 0) is 4.79 Å². The third-order valence-electron chi connectivity index (χ3n) is 2.63. The SMILES string of the molecule is C=C(C(=O)N(C)CC(C)C)c1cc(C)cc(Cl)c1. The zero-order valence-electron chi connectivity index (χ0n) is 11.5. The van der Waals surface area contributed by atoms with Crippen molar-refractivity contribution < 1.29 is 4.79 Å². The first kappa shape index (κ1) is 14.8. The lowest BCUT2D eigenvalue weighted by Gasteiger charge is -2.20. The largest absolute Gasteiger partial charge is 0.341 e. The Kier molecular flexibility index (Phi) is 4.97. The summed E-state index contributed by atoms with van der Waals surface area (Å²) < 4.78 is 0. The molecular formula is C15H20ClNO. The maximum atomic E-state index is 12.2. The summed E-state index contributed by atoms with van der Waals surface area (Å²) in [5.41, 5.74) is 2.31. The lowest BCUT2D eigenvalue weighted by molar-refractivity contribution is -0.124. The first-order chi connectivity index (χ1) is 8.31. The molecule has 0 heterocycles. The predicted octanol–water partition coefficient (Wildman–Crippen LogP) is 3.78. The number of hydrogen-bond donors (Lipinski definition) is 0. The third-order valence-corrected chi connectivity index (χ3v) is 2.85. The Balaban J connectivity index is 2.89. The van der Waals surface area contributed by atoms with E-state index in [9.17, 15) is 4.79 Å². The van der Waals surface area contributed by atoms with Gasteiger partial charge in [-0.05, 0) is 36.1 Å². The molecule has 0 aliphatic rings. The van der Waals surface area contributed by atoms with Gasteiger partial charge >= 0.3 is 0 Å². The number of amides is 1. The minimum atomic E-state index is -0.0506. The van der Waals surface area contributed by atoms with Crippen molar-refractivity contribution in [3.63, 3.8) is 0 Å². The lowest BCUT2D eigenvalue weighted by atomic mass is 10.0. The molecule has 1 amide bonds. The topological polar surface area (TPSA) is 20.3 Å². The molecule has 18 heavy (non-hydrogen) atoms. The molecule has 0 radical (unpaired) electrons. The van der Waals surface area contributed by atoms with E-state index in [0.717, 1.165) is 17.7 Å². The van der Waals surface area contributed by atoms with Crippen LogP contribution in [0.4, 0.5) is 0 Å². The number of aryl methyl sites for hydroxylation is 1. The van der Waals surface area contributed by atoms with Gasteiger partial charge in [0, 0.05) is 24.2 Å². The Labute approximate surface area is 114 Å². The van der Waals surface area contributed by atoms with Crippen LogP contribution in [0, 0.1) is 12.8 Å². The summed E-state index contributed by atoms with van der Waals surface area (Å²) in [6.07, 6.45) is 0. The maximum Gasteiger partial charge on any atom is 0.253 e. The smallest absolute Gasteiger partial charge is 0.253 e. The summed E-state index contributed by atoms with van der Waals surface area (Å²) in [7, 11) is 1.80. The van der Waals surface area contributed by atoms with Gasteiger partial charge in [-0.2, -0.15) is 0 Å². The van der Waals surface area contributed by atoms with E-state index in [4.69, 9.17) is 11.6 Å². The Morgan fingerprint density at radius 3 is 2.50 bits per heavy atom. The molecule has 1 aromatic carbocycles. The molecule has 2 nitrogen and oxygen atoms in total. The van der Waals surface area contributed by atoms with Crippen LogP contribution in [0.25, 0.3) is 5.57 Å². The Bertz CT molecular complexity index is 445. The average molecular weight is 266 g/mol. The van der Waals surface area contributed by atoms with Gasteiger partial charge in [0.05, 0.1) is 0 Å². The van der Waals surface area contributed by atoms with Crippen molar-refractivity contribution in [2.75, 3.05) is 13.6 Å². The first-order valence-corrected chi connectivity index (χ1v) is 6.41. The van der Waals surface area contributed by atoms with E-state index >= 15 is 0 Å². The van der Waals surface area contributed by atoms with Crippen molar-refractivity contribution in [3.05, 3.63) is 40.9 Å². The molecule has 0 spiro atoms. The van der Waals surface area contributed by atoms with Crippen LogP contribution < -0.4 is 0 Å². The molecule has 98 valence electrons. The second-order valence-corrected chi connectivity index (χ2v) is 5.51. The molecule has 0 aliphatic carbocycles. The van der Waals surface area contributed by atoms with Crippen LogP contribution in [0.15, 0.2) is 24.8 Å². The van der Waals surface area contributed by atoms with Crippen LogP contribution in [0.1, 0.15) is 25.0 Å². The number of benzene rings is 1. The highest BCUT2D eigenvalue weighted by Gasteiger charge is 2.15. The van der Waals surface area contributed by atoms with Crippen LogP contribution in [0.2, 0.25) is 5.02 Å². The molecule has 0 saturated heterocycles. The van der Waals surface area contributed by atoms with Gasteiger partial charge in [0.15, 0.2) is 0 Å². The van der Waals surface area contributed by atoms with Gasteiger partial charge in [-0.15, -0.1) is 0 Å². The molecule has 0 aromatic heterocycles. The summed E-state index contributed by atoms with van der Waals surface area (Å²) in [4.78, 5) is 13.9. The monoisotopic (exact) mass is 265 g/mol. The second kappa shape index (κ2) is 6.05. The number of rotatable bonds is 4.